The van der Waals surface area contributed by atoms with Gasteiger partial charge in [0, 0.05) is 47.2 Å². The minimum atomic E-state index is -1.00. The van der Waals surface area contributed by atoms with Crippen LogP contribution in [0.4, 0.5) is 5.95 Å². The van der Waals surface area contributed by atoms with Crippen LogP contribution in [-0.2, 0) is 28.5 Å². The van der Waals surface area contributed by atoms with Crippen LogP contribution < -0.4 is 16.2 Å². The summed E-state index contributed by atoms with van der Waals surface area (Å²) in [6.45, 7) is 9.07. The Morgan fingerprint density at radius 3 is 2.48 bits per heavy atom. The number of carbonyl (C=O) groups is 3. The van der Waals surface area contributed by atoms with E-state index in [-0.39, 0.29) is 53.0 Å². The molecule has 330 valence electrons. The van der Waals surface area contributed by atoms with Gasteiger partial charge in [0.05, 0.1) is 36.5 Å². The number of aromatic amines is 1. The second-order valence-electron chi connectivity index (χ2n) is 16.1. The number of H-pyrrole nitrogens is 1. The third-order valence-electron chi connectivity index (χ3n) is 11.3. The topological polar surface area (TPSA) is 212 Å². The minimum Gasteiger partial charge on any atom is -0.456 e. The first-order chi connectivity index (χ1) is 28.9. The van der Waals surface area contributed by atoms with E-state index < -0.39 is 42.1 Å². The van der Waals surface area contributed by atoms with E-state index in [0.717, 1.165) is 38.5 Å². The highest BCUT2D eigenvalue weighted by Gasteiger charge is 2.46. The minimum absolute atomic E-state index is 0.00161. The van der Waals surface area contributed by atoms with Crippen molar-refractivity contribution in [3.8, 4) is 0 Å². The van der Waals surface area contributed by atoms with Crippen LogP contribution in [0.5, 0.6) is 0 Å². The Labute approximate surface area is 352 Å². The van der Waals surface area contributed by atoms with Crippen LogP contribution in [0.15, 0.2) is 46.4 Å². The SMILES string of the molecule is CC[C@H]1C[C@@H](OCCCCC(=O)NCCCCCCOC2[C@@H](CC)O[C@@H](n3cnc4c(=O)[nH]c(N=CN(C)C)nc43)[C@H]2O)[C@H](NC(C)=O)[C@@H](OC(=O)c2ccccc2)[C@H]1C. The van der Waals surface area contributed by atoms with Crippen molar-refractivity contribution in [3.05, 3.63) is 52.6 Å². The zero-order valence-electron chi connectivity index (χ0n) is 35.9. The van der Waals surface area contributed by atoms with Gasteiger partial charge in [-0.1, -0.05) is 58.2 Å². The molecule has 0 spiro atoms. The normalized spacial score (nSPS) is 25.4. The number of aromatic nitrogens is 4. The largest absolute Gasteiger partial charge is 0.456 e. The third-order valence-corrected chi connectivity index (χ3v) is 11.3. The summed E-state index contributed by atoms with van der Waals surface area (Å²) in [4.78, 5) is 67.7. The molecule has 1 aliphatic heterocycles. The number of nitrogens with one attached hydrogen (secondary N) is 3. The predicted molar refractivity (Wildman–Crippen MR) is 226 cm³/mol. The molecule has 1 aromatic carbocycles. The summed E-state index contributed by atoms with van der Waals surface area (Å²) in [5, 5.41) is 17.3. The Morgan fingerprint density at radius 1 is 1.03 bits per heavy atom. The molecular weight excluding hydrogens is 773 g/mol. The molecule has 4 N–H and O–H groups in total. The number of nitrogens with zero attached hydrogens (tertiary/aromatic N) is 5. The molecule has 2 amide bonds. The van der Waals surface area contributed by atoms with Crippen LogP contribution >= 0.6 is 0 Å². The number of fused-ring (bicyclic) bond motifs is 1. The lowest BCUT2D eigenvalue weighted by Gasteiger charge is -2.45. The van der Waals surface area contributed by atoms with Crippen LogP contribution in [-0.4, -0.2) is 124 Å². The Bertz CT molecular complexity index is 1920. The van der Waals surface area contributed by atoms with E-state index in [2.05, 4.69) is 44.4 Å². The molecule has 3 heterocycles. The number of aliphatic imine (C=N–C) groups is 1. The lowest BCUT2D eigenvalue weighted by Crippen LogP contribution is -2.59. The molecule has 17 heteroatoms. The summed E-state index contributed by atoms with van der Waals surface area (Å²) in [5.41, 5.74) is 0.415. The highest BCUT2D eigenvalue weighted by Crippen LogP contribution is 2.37. The number of rotatable bonds is 22. The molecule has 3 aromatic rings. The number of amides is 2. The number of esters is 1. The van der Waals surface area contributed by atoms with E-state index in [4.69, 9.17) is 18.9 Å². The van der Waals surface area contributed by atoms with Gasteiger partial charge in [-0.25, -0.2) is 14.8 Å². The quantitative estimate of drug-likeness (QED) is 0.0480. The molecule has 17 nitrogen and oxygen atoms in total. The first-order valence-electron chi connectivity index (χ1n) is 21.5. The summed E-state index contributed by atoms with van der Waals surface area (Å²) in [5.74, 6) is -0.219. The molecule has 5 rings (SSSR count). The van der Waals surface area contributed by atoms with E-state index >= 15 is 0 Å². The monoisotopic (exact) mass is 836 g/mol. The van der Waals surface area contributed by atoms with Crippen LogP contribution in [0.2, 0.25) is 0 Å². The average molecular weight is 837 g/mol. The number of benzene rings is 1. The number of hydrogen-bond donors (Lipinski definition) is 4. The van der Waals surface area contributed by atoms with Gasteiger partial charge in [-0.2, -0.15) is 4.98 Å². The van der Waals surface area contributed by atoms with Crippen LogP contribution in [0, 0.1) is 11.8 Å². The number of aliphatic hydroxyl groups is 1. The van der Waals surface area contributed by atoms with Crippen molar-refractivity contribution in [2.24, 2.45) is 16.8 Å². The van der Waals surface area contributed by atoms with Gasteiger partial charge in [0.2, 0.25) is 17.8 Å². The zero-order valence-corrected chi connectivity index (χ0v) is 35.9. The number of unbranched alkanes of at least 4 members (excludes halogenated alkanes) is 4. The Balaban J connectivity index is 0.976. The third kappa shape index (κ3) is 12.4. The van der Waals surface area contributed by atoms with Crippen molar-refractivity contribution in [1.29, 1.82) is 0 Å². The highest BCUT2D eigenvalue weighted by atomic mass is 16.6. The maximum atomic E-state index is 13.0. The fourth-order valence-corrected chi connectivity index (χ4v) is 8.09. The molecule has 0 radical (unpaired) electrons. The van der Waals surface area contributed by atoms with Crippen molar-refractivity contribution in [2.45, 2.75) is 135 Å². The molecule has 1 saturated heterocycles. The van der Waals surface area contributed by atoms with E-state index in [1.165, 1.54) is 19.6 Å². The van der Waals surface area contributed by atoms with Crippen molar-refractivity contribution in [1.82, 2.24) is 35.1 Å². The molecule has 1 unspecified atom stereocenters. The van der Waals surface area contributed by atoms with Crippen LogP contribution in [0.3, 0.4) is 0 Å². The number of hydrogen-bond acceptors (Lipinski definition) is 12. The number of ether oxygens (including phenoxy) is 4. The summed E-state index contributed by atoms with van der Waals surface area (Å²) in [6, 6.07) is 8.39. The van der Waals surface area contributed by atoms with Gasteiger partial charge < -0.3 is 39.6 Å². The van der Waals surface area contributed by atoms with E-state index in [1.807, 2.05) is 13.0 Å². The summed E-state index contributed by atoms with van der Waals surface area (Å²) in [6.07, 6.45) is 6.80. The fraction of sp³-hybridized carbons (Fsp3) is 0.651. The van der Waals surface area contributed by atoms with E-state index in [9.17, 15) is 24.3 Å². The van der Waals surface area contributed by atoms with Crippen molar-refractivity contribution in [3.63, 3.8) is 0 Å². The first-order valence-corrected chi connectivity index (χ1v) is 21.5. The Hall–Kier alpha value is -4.71. The molecule has 0 bridgehead atoms. The first kappa shape index (κ1) is 46.4. The highest BCUT2D eigenvalue weighted by molar-refractivity contribution is 5.89. The Kier molecular flexibility index (Phi) is 17.6. The van der Waals surface area contributed by atoms with Gasteiger partial charge in [-0.05, 0) is 62.5 Å². The standard InChI is InChI=1S/C43H64N8O9/c1-7-29-24-32(34(47-28(4)52)37(27(29)3)60-42(56)30-18-12-11-13-19-30)57-22-17-14-20-33(53)44-21-15-9-10-16-23-58-38-31(8-2)59-41(36(38)54)51-26-45-35-39(51)48-43(49-40(35)55)46-25-50(5)6/h11-13,18-19,25-27,29,31-32,34,36-38,41,54H,7-10,14-17,20-24H2,1-6H3,(H,44,53)(H,47,52)(H,48,49,55)/t27-,29-,31+,32+,34-,36-,37-,38?,41+/m0/s1. The fourth-order valence-electron chi connectivity index (χ4n) is 8.09. The molecule has 2 aromatic heterocycles. The lowest BCUT2D eigenvalue weighted by molar-refractivity contribution is -0.129. The van der Waals surface area contributed by atoms with Gasteiger partial charge in [0.25, 0.3) is 5.56 Å². The molecule has 2 fully saturated rings. The molecular formula is C43H64N8O9. The maximum Gasteiger partial charge on any atom is 0.338 e. The van der Waals surface area contributed by atoms with E-state index in [0.29, 0.717) is 51.0 Å². The summed E-state index contributed by atoms with van der Waals surface area (Å²) in [7, 11) is 3.61. The smallest absolute Gasteiger partial charge is 0.338 e. The predicted octanol–water partition coefficient (Wildman–Crippen LogP) is 4.42. The summed E-state index contributed by atoms with van der Waals surface area (Å²) < 4.78 is 26.3. The lowest BCUT2D eigenvalue weighted by atomic mass is 9.73. The molecule has 1 saturated carbocycles. The number of carbonyl (C=O) groups excluding carboxylic acids is 3. The van der Waals surface area contributed by atoms with Gasteiger partial charge in [-0.15, -0.1) is 0 Å². The van der Waals surface area contributed by atoms with Gasteiger partial charge in [-0.3, -0.25) is 23.9 Å². The van der Waals surface area contributed by atoms with Gasteiger partial charge in [0.1, 0.15) is 18.3 Å². The molecule has 1 aliphatic carbocycles. The second kappa shape index (κ2) is 22.8. The van der Waals surface area contributed by atoms with Gasteiger partial charge in [0.15, 0.2) is 17.4 Å². The summed E-state index contributed by atoms with van der Waals surface area (Å²) >= 11 is 0. The van der Waals surface area contributed by atoms with Crippen molar-refractivity contribution in [2.75, 3.05) is 33.9 Å². The van der Waals surface area contributed by atoms with E-state index in [1.54, 1.807) is 47.8 Å². The van der Waals surface area contributed by atoms with Crippen molar-refractivity contribution < 1.29 is 38.4 Å². The average Bonchev–Trinajstić information content (AvgIpc) is 3.80. The van der Waals surface area contributed by atoms with Crippen LogP contribution in [0.25, 0.3) is 11.2 Å². The number of aliphatic hydroxyl groups excluding tert-OH is 1. The van der Waals surface area contributed by atoms with Crippen molar-refractivity contribution >= 4 is 41.2 Å². The number of imidazole rings is 1. The second-order valence-corrected chi connectivity index (χ2v) is 16.1. The zero-order chi connectivity index (χ0) is 43.2. The molecule has 9 atom stereocenters. The molecule has 2 aliphatic rings. The van der Waals surface area contributed by atoms with Gasteiger partial charge >= 0.3 is 5.97 Å². The maximum absolute atomic E-state index is 13.0. The molecule has 60 heavy (non-hydrogen) atoms. The Morgan fingerprint density at radius 2 is 1.77 bits per heavy atom. The van der Waals surface area contributed by atoms with Crippen LogP contribution in [0.1, 0.15) is 108 Å².